The smallest absolute Gasteiger partial charge is 0.136 e. The molecule has 2 aromatic rings. The van der Waals surface area contributed by atoms with Crippen LogP contribution < -0.4 is 4.90 Å². The fourth-order valence-corrected chi connectivity index (χ4v) is 8.51. The van der Waals surface area contributed by atoms with Gasteiger partial charge in [0.05, 0.1) is 0 Å². The van der Waals surface area contributed by atoms with E-state index in [9.17, 15) is 0 Å². The Hall–Kier alpha value is -2.48. The quantitative estimate of drug-likeness (QED) is 0.430. The van der Waals surface area contributed by atoms with Crippen molar-refractivity contribution in [3.05, 3.63) is 88.4 Å². The third kappa shape index (κ3) is 3.58. The van der Waals surface area contributed by atoms with Crippen LogP contribution in [0.2, 0.25) is 0 Å². The van der Waals surface area contributed by atoms with Crippen molar-refractivity contribution in [1.82, 2.24) is 4.90 Å². The monoisotopic (exact) mass is 480 g/mol. The molecular weight excluding hydrogens is 436 g/mol. The van der Waals surface area contributed by atoms with Gasteiger partial charge in [0.1, 0.15) is 6.17 Å². The maximum Gasteiger partial charge on any atom is 0.136 e. The van der Waals surface area contributed by atoms with E-state index in [1.54, 1.807) is 5.70 Å². The van der Waals surface area contributed by atoms with Crippen molar-refractivity contribution >= 4 is 5.69 Å². The Bertz CT molecular complexity index is 1140. The summed E-state index contributed by atoms with van der Waals surface area (Å²) in [6, 6.07) is 15.9. The molecule has 2 heterocycles. The van der Waals surface area contributed by atoms with E-state index in [2.05, 4.69) is 92.2 Å². The van der Waals surface area contributed by atoms with E-state index in [1.807, 2.05) is 0 Å². The van der Waals surface area contributed by atoms with Gasteiger partial charge in [-0.05, 0) is 88.0 Å². The number of fused-ring (bicyclic) bond motifs is 1. The molecule has 2 saturated carbocycles. The molecule has 6 rings (SSSR count). The van der Waals surface area contributed by atoms with Gasteiger partial charge in [-0.25, -0.2) is 0 Å². The molecule has 190 valence electrons. The fourth-order valence-electron chi connectivity index (χ4n) is 8.51. The molecule has 2 nitrogen and oxygen atoms in total. The van der Waals surface area contributed by atoms with Crippen molar-refractivity contribution in [1.29, 1.82) is 0 Å². The standard InChI is InChI=1S/C34H44N2/c1-24-14-11-12-21-30(24)36-27(4)32-34(28-17-7-5-8-18-28,29-19-9-6-10-20-29)22-23-35(32)33(36)31-25(2)15-13-16-26(31)3/h11-16,21-23,28-29,33H,5-10,17-20H2,1-4H3. The molecule has 0 saturated heterocycles. The Balaban J connectivity index is 1.57. The normalized spacial score (nSPS) is 24.6. The second-order valence-corrected chi connectivity index (χ2v) is 12.1. The summed E-state index contributed by atoms with van der Waals surface area (Å²) < 4.78 is 0. The number of rotatable bonds is 4. The van der Waals surface area contributed by atoms with E-state index in [4.69, 9.17) is 0 Å². The zero-order chi connectivity index (χ0) is 24.9. The first-order valence-corrected chi connectivity index (χ1v) is 14.6. The van der Waals surface area contributed by atoms with E-state index < -0.39 is 0 Å². The number of benzene rings is 2. The maximum atomic E-state index is 2.72. The molecule has 1 unspecified atom stereocenters. The van der Waals surface area contributed by atoms with Crippen molar-refractivity contribution in [3.63, 3.8) is 0 Å². The summed E-state index contributed by atoms with van der Waals surface area (Å²) in [6.07, 6.45) is 19.5. The van der Waals surface area contributed by atoms with Crippen LogP contribution in [0.25, 0.3) is 0 Å². The second-order valence-electron chi connectivity index (χ2n) is 12.1. The predicted molar refractivity (Wildman–Crippen MR) is 152 cm³/mol. The SMILES string of the molecule is CC1=C2N(C=CC2(C2CCCCC2)C2CCCCC2)C(c2c(C)cccc2C)N1c1ccccc1C. The van der Waals surface area contributed by atoms with Gasteiger partial charge in [0.25, 0.3) is 0 Å². The highest BCUT2D eigenvalue weighted by Gasteiger charge is 2.56. The Morgan fingerprint density at radius 1 is 0.667 bits per heavy atom. The second kappa shape index (κ2) is 9.43. The zero-order valence-corrected chi connectivity index (χ0v) is 22.9. The topological polar surface area (TPSA) is 6.48 Å². The molecule has 0 radical (unpaired) electrons. The molecule has 2 aliphatic carbocycles. The lowest BCUT2D eigenvalue weighted by Gasteiger charge is -2.47. The van der Waals surface area contributed by atoms with Crippen LogP contribution in [0.5, 0.6) is 0 Å². The molecule has 0 bridgehead atoms. The summed E-state index contributed by atoms with van der Waals surface area (Å²) in [5.74, 6) is 1.55. The van der Waals surface area contributed by atoms with Crippen molar-refractivity contribution < 1.29 is 0 Å². The van der Waals surface area contributed by atoms with Crippen LogP contribution in [0.1, 0.15) is 99.6 Å². The Labute approximate surface area is 219 Å². The Morgan fingerprint density at radius 3 is 1.81 bits per heavy atom. The number of aryl methyl sites for hydroxylation is 3. The largest absolute Gasteiger partial charge is 0.324 e. The lowest BCUT2D eigenvalue weighted by atomic mass is 9.57. The van der Waals surface area contributed by atoms with Crippen molar-refractivity contribution in [3.8, 4) is 0 Å². The first-order valence-electron chi connectivity index (χ1n) is 14.6. The number of hydrogen-bond acceptors (Lipinski definition) is 2. The lowest BCUT2D eigenvalue weighted by Crippen LogP contribution is -2.41. The minimum Gasteiger partial charge on any atom is -0.324 e. The molecule has 0 amide bonds. The minimum atomic E-state index is 0.188. The van der Waals surface area contributed by atoms with Gasteiger partial charge in [0.2, 0.25) is 0 Å². The summed E-state index contributed by atoms with van der Waals surface area (Å²) in [5.41, 5.74) is 10.3. The van der Waals surface area contributed by atoms with Gasteiger partial charge in [-0.1, -0.05) is 81.0 Å². The van der Waals surface area contributed by atoms with Gasteiger partial charge < -0.3 is 9.80 Å². The molecule has 2 aromatic carbocycles. The molecular formula is C34H44N2. The summed E-state index contributed by atoms with van der Waals surface area (Å²) in [7, 11) is 0. The number of allylic oxidation sites excluding steroid dienone is 2. The first kappa shape index (κ1) is 23.9. The van der Waals surface area contributed by atoms with Crippen LogP contribution in [-0.4, -0.2) is 4.90 Å². The predicted octanol–water partition coefficient (Wildman–Crippen LogP) is 9.34. The number of anilines is 1. The average molecular weight is 481 g/mol. The highest BCUT2D eigenvalue weighted by molar-refractivity contribution is 5.65. The van der Waals surface area contributed by atoms with Gasteiger partial charge >= 0.3 is 0 Å². The average Bonchev–Trinajstić information content (AvgIpc) is 3.43. The number of nitrogens with zero attached hydrogens (tertiary/aromatic N) is 2. The van der Waals surface area contributed by atoms with E-state index in [1.165, 1.54) is 97.8 Å². The molecule has 36 heavy (non-hydrogen) atoms. The molecule has 4 aliphatic rings. The summed E-state index contributed by atoms with van der Waals surface area (Å²) >= 11 is 0. The number of para-hydroxylation sites is 1. The van der Waals surface area contributed by atoms with Crippen LogP contribution in [0.4, 0.5) is 5.69 Å². The van der Waals surface area contributed by atoms with E-state index in [0.29, 0.717) is 0 Å². The first-order chi connectivity index (χ1) is 17.5. The molecule has 0 aromatic heterocycles. The molecule has 2 heteroatoms. The molecule has 2 fully saturated rings. The summed E-state index contributed by atoms with van der Waals surface area (Å²) in [6.45, 7) is 9.33. The van der Waals surface area contributed by atoms with Gasteiger partial charge in [-0.3, -0.25) is 0 Å². The third-order valence-electron chi connectivity index (χ3n) is 10.1. The van der Waals surface area contributed by atoms with Crippen LogP contribution in [0.15, 0.2) is 66.1 Å². The Kier molecular flexibility index (Phi) is 6.26. The summed E-state index contributed by atoms with van der Waals surface area (Å²) in [4.78, 5) is 5.42. The fraction of sp³-hybridized carbons (Fsp3) is 0.529. The van der Waals surface area contributed by atoms with E-state index in [0.717, 1.165) is 11.8 Å². The molecule has 0 spiro atoms. The van der Waals surface area contributed by atoms with Crippen LogP contribution in [0.3, 0.4) is 0 Å². The van der Waals surface area contributed by atoms with Gasteiger partial charge in [-0.2, -0.15) is 0 Å². The highest BCUT2D eigenvalue weighted by atomic mass is 15.4. The lowest BCUT2D eigenvalue weighted by molar-refractivity contribution is 0.0914. The van der Waals surface area contributed by atoms with E-state index >= 15 is 0 Å². The Morgan fingerprint density at radius 2 is 1.22 bits per heavy atom. The van der Waals surface area contributed by atoms with Crippen molar-refractivity contribution in [2.75, 3.05) is 4.90 Å². The van der Waals surface area contributed by atoms with Gasteiger partial charge in [0.15, 0.2) is 0 Å². The molecule has 0 N–H and O–H groups in total. The van der Waals surface area contributed by atoms with Crippen molar-refractivity contribution in [2.45, 2.75) is 98.1 Å². The maximum absolute atomic E-state index is 2.72. The van der Waals surface area contributed by atoms with Gasteiger partial charge in [-0.15, -0.1) is 0 Å². The summed E-state index contributed by atoms with van der Waals surface area (Å²) in [5, 5.41) is 0. The third-order valence-corrected chi connectivity index (χ3v) is 10.1. The molecule has 2 aliphatic heterocycles. The van der Waals surface area contributed by atoms with Crippen LogP contribution >= 0.6 is 0 Å². The molecule has 1 atom stereocenters. The van der Waals surface area contributed by atoms with E-state index in [-0.39, 0.29) is 11.6 Å². The highest BCUT2D eigenvalue weighted by Crippen LogP contribution is 2.63. The van der Waals surface area contributed by atoms with Crippen LogP contribution in [-0.2, 0) is 0 Å². The minimum absolute atomic E-state index is 0.188. The van der Waals surface area contributed by atoms with Crippen molar-refractivity contribution in [2.24, 2.45) is 17.3 Å². The van der Waals surface area contributed by atoms with Crippen LogP contribution in [0, 0.1) is 38.0 Å². The number of hydrogen-bond donors (Lipinski definition) is 0. The zero-order valence-electron chi connectivity index (χ0n) is 22.9. The van der Waals surface area contributed by atoms with Gasteiger partial charge in [0, 0.05) is 34.3 Å².